The summed E-state index contributed by atoms with van der Waals surface area (Å²) in [5, 5.41) is 13.8. The molecule has 0 aliphatic carbocycles. The molecule has 20 heavy (non-hydrogen) atoms. The quantitative estimate of drug-likeness (QED) is 0.509. The van der Waals surface area contributed by atoms with Crippen LogP contribution in [0.4, 0.5) is 11.4 Å². The van der Waals surface area contributed by atoms with E-state index in [1.165, 1.54) is 12.1 Å². The summed E-state index contributed by atoms with van der Waals surface area (Å²) < 4.78 is 5.77. The zero-order valence-electron chi connectivity index (χ0n) is 11.1. The van der Waals surface area contributed by atoms with Crippen molar-refractivity contribution in [3.8, 4) is 11.5 Å². The molecule has 0 fully saturated rings. The second kappa shape index (κ2) is 6.29. The number of anilines is 1. The van der Waals surface area contributed by atoms with E-state index in [4.69, 9.17) is 4.74 Å². The van der Waals surface area contributed by atoms with Gasteiger partial charge in [-0.2, -0.15) is 0 Å². The minimum Gasteiger partial charge on any atom is -0.456 e. The Balaban J connectivity index is 2.37. The lowest BCUT2D eigenvalue weighted by molar-refractivity contribution is -0.384. The van der Waals surface area contributed by atoms with E-state index >= 15 is 0 Å². The van der Waals surface area contributed by atoms with Gasteiger partial charge in [-0.15, -0.1) is 11.8 Å². The molecule has 0 spiro atoms. The van der Waals surface area contributed by atoms with Crippen molar-refractivity contribution in [2.24, 2.45) is 0 Å². The second-order valence-electron chi connectivity index (χ2n) is 3.98. The molecule has 0 aliphatic rings. The summed E-state index contributed by atoms with van der Waals surface area (Å²) in [5.41, 5.74) is 0.629. The van der Waals surface area contributed by atoms with Gasteiger partial charge in [0.15, 0.2) is 0 Å². The molecule has 0 unspecified atom stereocenters. The van der Waals surface area contributed by atoms with Gasteiger partial charge in [0.05, 0.1) is 11.0 Å². The molecule has 1 N–H and O–H groups in total. The van der Waals surface area contributed by atoms with E-state index in [0.29, 0.717) is 17.2 Å². The highest BCUT2D eigenvalue weighted by atomic mass is 32.2. The van der Waals surface area contributed by atoms with Gasteiger partial charge in [0.1, 0.15) is 11.5 Å². The van der Waals surface area contributed by atoms with Crippen LogP contribution in [-0.2, 0) is 0 Å². The van der Waals surface area contributed by atoms with Crippen LogP contribution in [0.25, 0.3) is 0 Å². The molecule has 0 amide bonds. The van der Waals surface area contributed by atoms with Crippen LogP contribution in [0.1, 0.15) is 0 Å². The van der Waals surface area contributed by atoms with E-state index in [0.717, 1.165) is 4.90 Å². The number of nitro groups is 1. The summed E-state index contributed by atoms with van der Waals surface area (Å²) in [6.07, 6.45) is 1.95. The molecule has 0 bridgehead atoms. The third kappa shape index (κ3) is 3.21. The Morgan fingerprint density at radius 2 is 2.00 bits per heavy atom. The summed E-state index contributed by atoms with van der Waals surface area (Å²) in [6.45, 7) is 0. The largest absolute Gasteiger partial charge is 0.456 e. The summed E-state index contributed by atoms with van der Waals surface area (Å²) in [6, 6.07) is 12.2. The normalized spacial score (nSPS) is 10.1. The van der Waals surface area contributed by atoms with Crippen molar-refractivity contribution < 1.29 is 9.66 Å². The Morgan fingerprint density at radius 3 is 2.65 bits per heavy atom. The van der Waals surface area contributed by atoms with Crippen LogP contribution in [0.15, 0.2) is 47.4 Å². The zero-order valence-corrected chi connectivity index (χ0v) is 11.9. The molecule has 0 heterocycles. The van der Waals surface area contributed by atoms with E-state index in [1.54, 1.807) is 24.9 Å². The van der Waals surface area contributed by atoms with E-state index < -0.39 is 4.92 Å². The minimum atomic E-state index is -0.436. The van der Waals surface area contributed by atoms with Gasteiger partial charge in [-0.3, -0.25) is 10.1 Å². The number of para-hydroxylation sites is 1. The molecule has 2 rings (SSSR count). The fourth-order valence-electron chi connectivity index (χ4n) is 1.72. The number of nitrogens with zero attached hydrogens (tertiary/aromatic N) is 1. The Bertz CT molecular complexity index is 632. The number of nitro benzene ring substituents is 1. The topological polar surface area (TPSA) is 64.4 Å². The number of hydrogen-bond donors (Lipinski definition) is 1. The highest BCUT2D eigenvalue weighted by molar-refractivity contribution is 7.98. The number of nitrogens with one attached hydrogen (secondary N) is 1. The van der Waals surface area contributed by atoms with Gasteiger partial charge in [0.25, 0.3) is 5.69 Å². The fraction of sp³-hybridized carbons (Fsp3) is 0.143. The fourth-order valence-corrected chi connectivity index (χ4v) is 2.25. The predicted molar refractivity (Wildman–Crippen MR) is 80.9 cm³/mol. The molecular formula is C14H14N2O3S. The first-order valence-corrected chi connectivity index (χ1v) is 7.14. The van der Waals surface area contributed by atoms with Gasteiger partial charge in [-0.1, -0.05) is 12.1 Å². The van der Waals surface area contributed by atoms with Gasteiger partial charge in [-0.05, 0) is 18.4 Å². The van der Waals surface area contributed by atoms with Gasteiger partial charge < -0.3 is 10.1 Å². The molecule has 0 radical (unpaired) electrons. The summed E-state index contributed by atoms with van der Waals surface area (Å²) >= 11 is 1.56. The molecule has 6 heteroatoms. The van der Waals surface area contributed by atoms with Crippen molar-refractivity contribution in [2.75, 3.05) is 18.6 Å². The number of hydrogen-bond acceptors (Lipinski definition) is 5. The van der Waals surface area contributed by atoms with Crippen molar-refractivity contribution >= 4 is 23.1 Å². The lowest BCUT2D eigenvalue weighted by atomic mass is 10.2. The summed E-state index contributed by atoms with van der Waals surface area (Å²) in [5.74, 6) is 1.12. The van der Waals surface area contributed by atoms with Gasteiger partial charge >= 0.3 is 0 Å². The number of thioether (sulfide) groups is 1. The molecule has 0 aliphatic heterocycles. The van der Waals surface area contributed by atoms with Crippen LogP contribution < -0.4 is 10.1 Å². The van der Waals surface area contributed by atoms with Crippen LogP contribution in [0, 0.1) is 10.1 Å². The lowest BCUT2D eigenvalue weighted by Crippen LogP contribution is -1.94. The Labute approximate surface area is 121 Å². The van der Waals surface area contributed by atoms with Crippen LogP contribution in [-0.4, -0.2) is 18.2 Å². The lowest BCUT2D eigenvalue weighted by Gasteiger charge is -2.10. The number of non-ortho nitro benzene ring substituents is 1. The number of benzene rings is 2. The first kappa shape index (κ1) is 14.2. The maximum atomic E-state index is 10.9. The molecule has 0 saturated carbocycles. The van der Waals surface area contributed by atoms with E-state index in [2.05, 4.69) is 5.32 Å². The standard InChI is InChI=1S/C14H14N2O3S/c1-15-10-7-11(16(17)18)9-12(8-10)19-13-5-3-4-6-14(13)20-2/h3-9,15H,1-2H3. The Kier molecular flexibility index (Phi) is 4.47. The monoisotopic (exact) mass is 290 g/mol. The summed E-state index contributed by atoms with van der Waals surface area (Å²) in [7, 11) is 1.71. The average molecular weight is 290 g/mol. The van der Waals surface area contributed by atoms with Crippen molar-refractivity contribution in [1.82, 2.24) is 0 Å². The second-order valence-corrected chi connectivity index (χ2v) is 4.82. The Morgan fingerprint density at radius 1 is 1.25 bits per heavy atom. The maximum absolute atomic E-state index is 10.9. The predicted octanol–water partition coefficient (Wildman–Crippen LogP) is 4.15. The van der Waals surface area contributed by atoms with Crippen LogP contribution in [0.3, 0.4) is 0 Å². The highest BCUT2D eigenvalue weighted by Crippen LogP contribution is 2.34. The average Bonchev–Trinajstić information content (AvgIpc) is 2.47. The molecule has 0 atom stereocenters. The van der Waals surface area contributed by atoms with E-state index in [-0.39, 0.29) is 5.69 Å². The Hall–Kier alpha value is -2.21. The van der Waals surface area contributed by atoms with Crippen molar-refractivity contribution in [3.05, 3.63) is 52.6 Å². The number of ether oxygens (including phenoxy) is 1. The molecule has 0 saturated heterocycles. The molecule has 2 aromatic rings. The highest BCUT2D eigenvalue weighted by Gasteiger charge is 2.11. The molecular weight excluding hydrogens is 276 g/mol. The molecule has 5 nitrogen and oxygen atoms in total. The third-order valence-electron chi connectivity index (χ3n) is 2.69. The zero-order chi connectivity index (χ0) is 14.5. The SMILES string of the molecule is CNc1cc(Oc2ccccc2SC)cc([N+](=O)[O-])c1. The first-order chi connectivity index (χ1) is 9.63. The van der Waals surface area contributed by atoms with Gasteiger partial charge in [0.2, 0.25) is 0 Å². The molecule has 104 valence electrons. The smallest absolute Gasteiger partial charge is 0.275 e. The van der Waals surface area contributed by atoms with Gasteiger partial charge in [0, 0.05) is 29.8 Å². The van der Waals surface area contributed by atoms with Crippen LogP contribution >= 0.6 is 11.8 Å². The van der Waals surface area contributed by atoms with Crippen LogP contribution in [0.2, 0.25) is 0 Å². The van der Waals surface area contributed by atoms with E-state index in [9.17, 15) is 10.1 Å². The van der Waals surface area contributed by atoms with Gasteiger partial charge in [-0.25, -0.2) is 0 Å². The maximum Gasteiger partial charge on any atom is 0.275 e. The first-order valence-electron chi connectivity index (χ1n) is 5.92. The van der Waals surface area contributed by atoms with Crippen molar-refractivity contribution in [3.63, 3.8) is 0 Å². The summed E-state index contributed by atoms with van der Waals surface area (Å²) in [4.78, 5) is 11.5. The van der Waals surface area contributed by atoms with Crippen molar-refractivity contribution in [2.45, 2.75) is 4.90 Å². The van der Waals surface area contributed by atoms with Crippen LogP contribution in [0.5, 0.6) is 11.5 Å². The number of rotatable bonds is 5. The molecule has 2 aromatic carbocycles. The van der Waals surface area contributed by atoms with E-state index in [1.807, 2.05) is 30.5 Å². The minimum absolute atomic E-state index is 0.00603. The third-order valence-corrected chi connectivity index (χ3v) is 3.46. The van der Waals surface area contributed by atoms with Crippen molar-refractivity contribution in [1.29, 1.82) is 0 Å². The molecule has 0 aromatic heterocycles.